The molecule has 8 heteroatoms. The van der Waals surface area contributed by atoms with E-state index in [1.165, 1.54) is 6.20 Å². The maximum atomic E-state index is 12.9. The molecular formula is C20H29ClN4O3. The van der Waals surface area contributed by atoms with Crippen LogP contribution >= 0.6 is 11.6 Å². The highest BCUT2D eigenvalue weighted by Crippen LogP contribution is 2.55. The number of nitrogens with zero attached hydrogens (tertiary/aromatic N) is 2. The van der Waals surface area contributed by atoms with Crippen LogP contribution in [0.5, 0.6) is 0 Å². The molecule has 3 atom stereocenters. The van der Waals surface area contributed by atoms with Crippen molar-refractivity contribution >= 4 is 23.4 Å². The van der Waals surface area contributed by atoms with E-state index in [1.807, 2.05) is 6.92 Å². The summed E-state index contributed by atoms with van der Waals surface area (Å²) in [5.74, 6) is 1.35. The van der Waals surface area contributed by atoms with Gasteiger partial charge >= 0.3 is 0 Å². The maximum absolute atomic E-state index is 12.9. The van der Waals surface area contributed by atoms with Gasteiger partial charge in [-0.1, -0.05) is 11.6 Å². The van der Waals surface area contributed by atoms with Crippen LogP contribution in [0.2, 0.25) is 5.15 Å². The van der Waals surface area contributed by atoms with Crippen molar-refractivity contribution in [2.45, 2.75) is 70.2 Å². The SMILES string of the molecule is COC(C)Cn1ncc(C(=O)NC2C3CC4CC2CC(NC(C)=O)(C4)C3)c1Cl. The number of hydrogen-bond donors (Lipinski definition) is 2. The molecule has 154 valence electrons. The number of ether oxygens (including phenoxy) is 1. The average Bonchev–Trinajstić information content (AvgIpc) is 2.97. The van der Waals surface area contributed by atoms with Gasteiger partial charge in [0, 0.05) is 25.6 Å². The third kappa shape index (κ3) is 3.54. The van der Waals surface area contributed by atoms with Gasteiger partial charge in [-0.05, 0) is 56.8 Å². The summed E-state index contributed by atoms with van der Waals surface area (Å²) in [5.41, 5.74) is 0.345. The topological polar surface area (TPSA) is 85.2 Å². The fourth-order valence-electron chi connectivity index (χ4n) is 5.98. The summed E-state index contributed by atoms with van der Waals surface area (Å²) in [6.07, 6.45) is 6.72. The second-order valence-corrected chi connectivity index (χ2v) is 9.37. The summed E-state index contributed by atoms with van der Waals surface area (Å²) in [4.78, 5) is 24.6. The van der Waals surface area contributed by atoms with E-state index in [-0.39, 0.29) is 29.5 Å². The van der Waals surface area contributed by atoms with Crippen LogP contribution in [-0.2, 0) is 16.1 Å². The molecule has 2 N–H and O–H groups in total. The molecule has 1 aromatic rings. The first kappa shape index (κ1) is 19.7. The summed E-state index contributed by atoms with van der Waals surface area (Å²) in [6.45, 7) is 4.03. The second kappa shape index (κ2) is 7.34. The van der Waals surface area contributed by atoms with Crippen LogP contribution in [0, 0.1) is 17.8 Å². The Morgan fingerprint density at radius 3 is 2.64 bits per heavy atom. The highest BCUT2D eigenvalue weighted by Gasteiger charge is 2.56. The number of amides is 2. The summed E-state index contributed by atoms with van der Waals surface area (Å²) in [6, 6.07) is 0.142. The molecule has 4 aliphatic carbocycles. The predicted molar refractivity (Wildman–Crippen MR) is 105 cm³/mol. The lowest BCUT2D eigenvalue weighted by molar-refractivity contribution is -0.125. The predicted octanol–water partition coefficient (Wildman–Crippen LogP) is 2.38. The van der Waals surface area contributed by atoms with Gasteiger partial charge in [0.05, 0.1) is 24.4 Å². The number of carbonyl (C=O) groups is 2. The van der Waals surface area contributed by atoms with Crippen molar-refractivity contribution in [3.05, 3.63) is 16.9 Å². The molecule has 1 heterocycles. The van der Waals surface area contributed by atoms with Gasteiger partial charge in [-0.3, -0.25) is 14.3 Å². The van der Waals surface area contributed by atoms with Crippen molar-refractivity contribution in [2.24, 2.45) is 17.8 Å². The zero-order valence-electron chi connectivity index (χ0n) is 16.7. The van der Waals surface area contributed by atoms with E-state index >= 15 is 0 Å². The molecule has 0 radical (unpaired) electrons. The largest absolute Gasteiger partial charge is 0.380 e. The second-order valence-electron chi connectivity index (χ2n) is 9.01. The zero-order chi connectivity index (χ0) is 20.1. The lowest BCUT2D eigenvalue weighted by Crippen LogP contribution is -2.66. The fraction of sp³-hybridized carbons (Fsp3) is 0.750. The molecule has 0 saturated heterocycles. The number of rotatable bonds is 6. The van der Waals surface area contributed by atoms with Crippen molar-refractivity contribution in [1.29, 1.82) is 0 Å². The van der Waals surface area contributed by atoms with E-state index in [1.54, 1.807) is 18.7 Å². The average molecular weight is 409 g/mol. The van der Waals surface area contributed by atoms with Crippen LogP contribution in [0.25, 0.3) is 0 Å². The zero-order valence-corrected chi connectivity index (χ0v) is 17.5. The Hall–Kier alpha value is -1.60. The van der Waals surface area contributed by atoms with E-state index in [9.17, 15) is 9.59 Å². The van der Waals surface area contributed by atoms with E-state index in [0.29, 0.717) is 35.0 Å². The Morgan fingerprint density at radius 2 is 2.04 bits per heavy atom. The van der Waals surface area contributed by atoms with Crippen LogP contribution in [0.15, 0.2) is 6.20 Å². The number of methoxy groups -OCH3 is 1. The first-order chi connectivity index (χ1) is 13.3. The van der Waals surface area contributed by atoms with Gasteiger partial charge in [0.1, 0.15) is 5.15 Å². The van der Waals surface area contributed by atoms with Gasteiger partial charge in [-0.15, -0.1) is 0 Å². The molecule has 4 fully saturated rings. The molecular weight excluding hydrogens is 380 g/mol. The smallest absolute Gasteiger partial charge is 0.256 e. The van der Waals surface area contributed by atoms with Crippen LogP contribution < -0.4 is 10.6 Å². The van der Waals surface area contributed by atoms with E-state index in [4.69, 9.17) is 16.3 Å². The Balaban J connectivity index is 1.46. The lowest BCUT2D eigenvalue weighted by atomic mass is 9.51. The van der Waals surface area contributed by atoms with E-state index in [2.05, 4.69) is 15.7 Å². The van der Waals surface area contributed by atoms with Gasteiger partial charge in [-0.2, -0.15) is 5.10 Å². The minimum absolute atomic E-state index is 0.0392. The maximum Gasteiger partial charge on any atom is 0.256 e. The van der Waals surface area contributed by atoms with Gasteiger partial charge < -0.3 is 15.4 Å². The van der Waals surface area contributed by atoms with Gasteiger partial charge in [0.25, 0.3) is 5.91 Å². The molecule has 0 spiro atoms. The molecule has 4 aliphatic rings. The summed E-state index contributed by atoms with van der Waals surface area (Å²) in [5, 5.41) is 11.1. The highest BCUT2D eigenvalue weighted by molar-refractivity contribution is 6.32. The molecule has 7 nitrogen and oxygen atoms in total. The Labute approximate surface area is 170 Å². The molecule has 5 rings (SSSR count). The Bertz CT molecular complexity index is 764. The Morgan fingerprint density at radius 1 is 1.36 bits per heavy atom. The van der Waals surface area contributed by atoms with Crippen molar-refractivity contribution < 1.29 is 14.3 Å². The first-order valence-corrected chi connectivity index (χ1v) is 10.5. The number of hydrogen-bond acceptors (Lipinski definition) is 4. The van der Waals surface area contributed by atoms with Crippen molar-refractivity contribution in [1.82, 2.24) is 20.4 Å². The monoisotopic (exact) mass is 408 g/mol. The van der Waals surface area contributed by atoms with Crippen LogP contribution in [-0.4, -0.2) is 46.4 Å². The number of aromatic nitrogens is 2. The summed E-state index contributed by atoms with van der Waals surface area (Å²) in [7, 11) is 1.63. The van der Waals surface area contributed by atoms with Crippen LogP contribution in [0.3, 0.4) is 0 Å². The molecule has 1 aromatic heterocycles. The van der Waals surface area contributed by atoms with Crippen LogP contribution in [0.1, 0.15) is 56.3 Å². The minimum atomic E-state index is -0.160. The third-order valence-corrected chi connectivity index (χ3v) is 7.26. The molecule has 28 heavy (non-hydrogen) atoms. The normalized spacial score (nSPS) is 34.3. The van der Waals surface area contributed by atoms with Crippen molar-refractivity contribution in [2.75, 3.05) is 7.11 Å². The summed E-state index contributed by atoms with van der Waals surface area (Å²) < 4.78 is 6.86. The van der Waals surface area contributed by atoms with Gasteiger partial charge in [0.15, 0.2) is 0 Å². The molecule has 0 aromatic carbocycles. The Kier molecular flexibility index (Phi) is 5.16. The molecule has 0 aliphatic heterocycles. The first-order valence-electron chi connectivity index (χ1n) is 10.1. The quantitative estimate of drug-likeness (QED) is 0.756. The van der Waals surface area contributed by atoms with E-state index < -0.39 is 0 Å². The molecule has 4 saturated carbocycles. The number of nitrogens with one attached hydrogen (secondary N) is 2. The molecule has 2 amide bonds. The molecule has 4 bridgehead atoms. The molecule has 3 unspecified atom stereocenters. The minimum Gasteiger partial charge on any atom is -0.380 e. The summed E-state index contributed by atoms with van der Waals surface area (Å²) >= 11 is 6.40. The standard InChI is InChI=1S/C20H29ClN4O3/c1-11(28-3)10-25-18(21)16(9-22-25)19(27)23-17-14-4-13-5-15(17)8-20(6-13,7-14)24-12(2)26/h9,11,13-15,17H,4-8,10H2,1-3H3,(H,23,27)(H,24,26). The highest BCUT2D eigenvalue weighted by atomic mass is 35.5. The van der Waals surface area contributed by atoms with Gasteiger partial charge in [-0.25, -0.2) is 0 Å². The van der Waals surface area contributed by atoms with Gasteiger partial charge in [0.2, 0.25) is 5.91 Å². The fourth-order valence-corrected chi connectivity index (χ4v) is 6.23. The van der Waals surface area contributed by atoms with Crippen molar-refractivity contribution in [3.8, 4) is 0 Å². The van der Waals surface area contributed by atoms with Crippen molar-refractivity contribution in [3.63, 3.8) is 0 Å². The lowest BCUT2D eigenvalue weighted by Gasteiger charge is -2.60. The number of halogens is 1. The number of carbonyl (C=O) groups excluding carboxylic acids is 2. The third-order valence-electron chi connectivity index (χ3n) is 6.86. The van der Waals surface area contributed by atoms with Crippen LogP contribution in [0.4, 0.5) is 0 Å². The van der Waals surface area contributed by atoms with E-state index in [0.717, 1.165) is 32.1 Å².